The number of benzene rings is 2. The first-order valence-electron chi connectivity index (χ1n) is 6.03. The highest BCUT2D eigenvalue weighted by atomic mass is 35.5. The van der Waals surface area contributed by atoms with E-state index in [9.17, 15) is 12.8 Å². The summed E-state index contributed by atoms with van der Waals surface area (Å²) in [6.07, 6.45) is 1.56. The van der Waals surface area contributed by atoms with Gasteiger partial charge in [-0.15, -0.1) is 0 Å². The molecule has 3 nitrogen and oxygen atoms in total. The number of fused-ring (bicyclic) bond motifs is 1. The van der Waals surface area contributed by atoms with Crippen LogP contribution in [-0.4, -0.2) is 13.4 Å². The summed E-state index contributed by atoms with van der Waals surface area (Å²) < 4.78 is 38.4. The first kappa shape index (κ1) is 14.0. The van der Waals surface area contributed by atoms with Crippen molar-refractivity contribution in [1.29, 1.82) is 0 Å². The van der Waals surface area contributed by atoms with Crippen LogP contribution in [0.3, 0.4) is 0 Å². The standard InChI is InChI=1S/C15H9ClFNO2S/c16-10-8-14-13(2-1-7-18-14)15(9-10)21(19,20)12-5-3-11(17)4-6-12/h1-9H. The molecule has 3 aromatic rings. The maximum absolute atomic E-state index is 13.0. The van der Waals surface area contributed by atoms with Gasteiger partial charge in [-0.1, -0.05) is 11.6 Å². The fourth-order valence-electron chi connectivity index (χ4n) is 2.08. The van der Waals surface area contributed by atoms with E-state index in [2.05, 4.69) is 4.98 Å². The highest BCUT2D eigenvalue weighted by Crippen LogP contribution is 2.30. The van der Waals surface area contributed by atoms with Crippen molar-refractivity contribution in [3.05, 3.63) is 65.6 Å². The molecular weight excluding hydrogens is 313 g/mol. The van der Waals surface area contributed by atoms with Gasteiger partial charge in [-0.3, -0.25) is 4.98 Å². The van der Waals surface area contributed by atoms with Crippen molar-refractivity contribution >= 4 is 32.3 Å². The zero-order chi connectivity index (χ0) is 15.0. The van der Waals surface area contributed by atoms with Crippen molar-refractivity contribution in [1.82, 2.24) is 4.98 Å². The lowest BCUT2D eigenvalue weighted by Crippen LogP contribution is -2.03. The lowest BCUT2D eigenvalue weighted by molar-refractivity contribution is 0.595. The third kappa shape index (κ3) is 2.50. The molecule has 0 radical (unpaired) electrons. The fraction of sp³-hybridized carbons (Fsp3) is 0. The van der Waals surface area contributed by atoms with E-state index in [0.717, 1.165) is 12.1 Å². The molecule has 0 saturated heterocycles. The molecule has 106 valence electrons. The van der Waals surface area contributed by atoms with Gasteiger partial charge in [0.1, 0.15) is 5.82 Å². The Morgan fingerprint density at radius 3 is 2.48 bits per heavy atom. The monoisotopic (exact) mass is 321 g/mol. The maximum Gasteiger partial charge on any atom is 0.207 e. The van der Waals surface area contributed by atoms with E-state index < -0.39 is 15.7 Å². The van der Waals surface area contributed by atoms with Crippen molar-refractivity contribution in [2.75, 3.05) is 0 Å². The fourth-order valence-corrected chi connectivity index (χ4v) is 3.85. The molecule has 0 bridgehead atoms. The number of rotatable bonds is 2. The Morgan fingerprint density at radius 2 is 1.76 bits per heavy atom. The second-order valence-electron chi connectivity index (χ2n) is 4.43. The summed E-state index contributed by atoms with van der Waals surface area (Å²) in [7, 11) is -3.80. The van der Waals surface area contributed by atoms with Crippen LogP contribution < -0.4 is 0 Å². The van der Waals surface area contributed by atoms with Crippen molar-refractivity contribution < 1.29 is 12.8 Å². The van der Waals surface area contributed by atoms with Gasteiger partial charge in [-0.2, -0.15) is 0 Å². The molecule has 0 amide bonds. The average molecular weight is 322 g/mol. The van der Waals surface area contributed by atoms with Crippen LogP contribution in [0.5, 0.6) is 0 Å². The van der Waals surface area contributed by atoms with Gasteiger partial charge in [0.25, 0.3) is 0 Å². The number of halogens is 2. The van der Waals surface area contributed by atoms with E-state index in [-0.39, 0.29) is 14.8 Å². The predicted octanol–water partition coefficient (Wildman–Crippen LogP) is 3.86. The molecule has 21 heavy (non-hydrogen) atoms. The minimum atomic E-state index is -3.80. The number of hydrogen-bond acceptors (Lipinski definition) is 3. The summed E-state index contributed by atoms with van der Waals surface area (Å²) in [6.45, 7) is 0. The van der Waals surface area contributed by atoms with Gasteiger partial charge in [0.15, 0.2) is 0 Å². The Hall–Kier alpha value is -1.98. The second-order valence-corrected chi connectivity index (χ2v) is 6.79. The molecule has 0 aliphatic carbocycles. The lowest BCUT2D eigenvalue weighted by atomic mass is 10.2. The maximum atomic E-state index is 13.0. The zero-order valence-corrected chi connectivity index (χ0v) is 12.2. The molecule has 0 aliphatic heterocycles. The molecule has 0 atom stereocenters. The van der Waals surface area contributed by atoms with E-state index in [1.54, 1.807) is 24.4 Å². The lowest BCUT2D eigenvalue weighted by Gasteiger charge is -2.08. The Kier molecular flexibility index (Phi) is 3.39. The second kappa shape index (κ2) is 5.09. The third-order valence-electron chi connectivity index (χ3n) is 3.06. The molecule has 0 saturated carbocycles. The first-order valence-corrected chi connectivity index (χ1v) is 7.89. The molecule has 0 spiro atoms. The van der Waals surface area contributed by atoms with E-state index in [4.69, 9.17) is 11.6 Å². The molecule has 6 heteroatoms. The molecule has 2 aromatic carbocycles. The summed E-state index contributed by atoms with van der Waals surface area (Å²) in [4.78, 5) is 4.19. The van der Waals surface area contributed by atoms with E-state index in [1.165, 1.54) is 18.2 Å². The van der Waals surface area contributed by atoms with Crippen LogP contribution in [0.4, 0.5) is 4.39 Å². The Labute approximate surface area is 125 Å². The highest BCUT2D eigenvalue weighted by Gasteiger charge is 2.21. The zero-order valence-electron chi connectivity index (χ0n) is 10.6. The Balaban J connectivity index is 2.31. The number of aromatic nitrogens is 1. The van der Waals surface area contributed by atoms with E-state index in [1.807, 2.05) is 0 Å². The average Bonchev–Trinajstić information content (AvgIpc) is 2.46. The minimum Gasteiger partial charge on any atom is -0.256 e. The van der Waals surface area contributed by atoms with Crippen LogP contribution in [0.15, 0.2) is 64.5 Å². The summed E-state index contributed by atoms with van der Waals surface area (Å²) in [5.41, 5.74) is 0.491. The van der Waals surface area contributed by atoms with Crippen LogP contribution in [-0.2, 0) is 9.84 Å². The van der Waals surface area contributed by atoms with Gasteiger partial charge in [-0.05, 0) is 48.5 Å². The molecule has 0 N–H and O–H groups in total. The van der Waals surface area contributed by atoms with E-state index in [0.29, 0.717) is 10.9 Å². The first-order chi connectivity index (χ1) is 9.98. The van der Waals surface area contributed by atoms with Crippen molar-refractivity contribution in [2.24, 2.45) is 0 Å². The summed E-state index contributed by atoms with van der Waals surface area (Å²) in [6, 6.07) is 11.0. The van der Waals surface area contributed by atoms with Crippen LogP contribution in [0.1, 0.15) is 0 Å². The largest absolute Gasteiger partial charge is 0.256 e. The predicted molar refractivity (Wildman–Crippen MR) is 78.6 cm³/mol. The van der Waals surface area contributed by atoms with Gasteiger partial charge in [0.05, 0.1) is 15.3 Å². The van der Waals surface area contributed by atoms with Crippen LogP contribution in [0, 0.1) is 5.82 Å². The van der Waals surface area contributed by atoms with Gasteiger partial charge >= 0.3 is 0 Å². The van der Waals surface area contributed by atoms with Crippen LogP contribution in [0.2, 0.25) is 5.02 Å². The van der Waals surface area contributed by atoms with Gasteiger partial charge in [-0.25, -0.2) is 12.8 Å². The van der Waals surface area contributed by atoms with Crippen molar-refractivity contribution in [2.45, 2.75) is 9.79 Å². The number of hydrogen-bond donors (Lipinski definition) is 0. The quantitative estimate of drug-likeness (QED) is 0.673. The molecule has 0 aliphatic rings. The van der Waals surface area contributed by atoms with Gasteiger partial charge in [0.2, 0.25) is 9.84 Å². The van der Waals surface area contributed by atoms with Crippen molar-refractivity contribution in [3.63, 3.8) is 0 Å². The topological polar surface area (TPSA) is 47.0 Å². The van der Waals surface area contributed by atoms with Crippen LogP contribution in [0.25, 0.3) is 10.9 Å². The number of pyridine rings is 1. The normalized spacial score (nSPS) is 11.7. The molecule has 1 aromatic heterocycles. The molecular formula is C15H9ClFNO2S. The van der Waals surface area contributed by atoms with E-state index >= 15 is 0 Å². The smallest absolute Gasteiger partial charge is 0.207 e. The summed E-state index contributed by atoms with van der Waals surface area (Å²) in [5.74, 6) is -0.494. The highest BCUT2D eigenvalue weighted by molar-refractivity contribution is 7.91. The number of nitrogens with zero attached hydrogens (tertiary/aromatic N) is 1. The molecule has 1 heterocycles. The van der Waals surface area contributed by atoms with Crippen molar-refractivity contribution in [3.8, 4) is 0 Å². The Bertz CT molecular complexity index is 924. The number of sulfone groups is 1. The third-order valence-corrected chi connectivity index (χ3v) is 5.09. The summed E-state index contributed by atoms with van der Waals surface area (Å²) in [5, 5.41) is 0.758. The molecule has 0 fully saturated rings. The van der Waals surface area contributed by atoms with Crippen LogP contribution >= 0.6 is 11.6 Å². The molecule has 0 unspecified atom stereocenters. The summed E-state index contributed by atoms with van der Waals surface area (Å²) >= 11 is 5.98. The van der Waals surface area contributed by atoms with Gasteiger partial charge in [0, 0.05) is 16.6 Å². The van der Waals surface area contributed by atoms with Gasteiger partial charge < -0.3 is 0 Å². The minimum absolute atomic E-state index is 0.0105. The Morgan fingerprint density at radius 1 is 1.05 bits per heavy atom. The SMILES string of the molecule is O=S(=O)(c1ccc(F)cc1)c1cc(Cl)cc2ncccc12. The molecule has 3 rings (SSSR count).